The van der Waals surface area contributed by atoms with Crippen LogP contribution in [0, 0.1) is 5.41 Å². The number of phenols is 1. The van der Waals surface area contributed by atoms with Crippen LogP contribution in [0.5, 0.6) is 5.75 Å². The number of hydrogen-bond donors (Lipinski definition) is 3. The zero-order valence-electron chi connectivity index (χ0n) is 21.3. The third-order valence-electron chi connectivity index (χ3n) is 6.05. The lowest BCUT2D eigenvalue weighted by molar-refractivity contribution is 0.292. The minimum atomic E-state index is -4.14. The molecule has 3 N–H and O–H groups in total. The molecule has 2 heterocycles. The molecule has 12 heteroatoms. The normalized spacial score (nSPS) is 17.1. The van der Waals surface area contributed by atoms with Crippen LogP contribution in [0.2, 0.25) is 0 Å². The molecule has 0 saturated heterocycles. The maximum atomic E-state index is 13.1. The van der Waals surface area contributed by atoms with E-state index in [0.717, 1.165) is 5.39 Å². The zero-order valence-corrected chi connectivity index (χ0v) is 22.9. The lowest BCUT2D eigenvalue weighted by Crippen LogP contribution is -2.32. The van der Waals surface area contributed by atoms with Gasteiger partial charge >= 0.3 is 10.2 Å². The molecule has 0 amide bonds. The Kier molecular flexibility index (Phi) is 6.47. The van der Waals surface area contributed by atoms with Crippen LogP contribution in [0.1, 0.15) is 32.6 Å². The Morgan fingerprint density at radius 2 is 1.69 bits per heavy atom. The van der Waals surface area contributed by atoms with Gasteiger partial charge in [0.05, 0.1) is 10.6 Å². The van der Waals surface area contributed by atoms with E-state index in [-0.39, 0.29) is 27.1 Å². The lowest BCUT2D eigenvalue weighted by atomic mass is 9.85. The van der Waals surface area contributed by atoms with Gasteiger partial charge in [-0.05, 0) is 41.8 Å². The summed E-state index contributed by atoms with van der Waals surface area (Å²) in [5.41, 5.74) is 0.113. The molecule has 0 spiro atoms. The van der Waals surface area contributed by atoms with E-state index in [1.54, 1.807) is 18.2 Å². The third kappa shape index (κ3) is 5.25. The number of sulfone groups is 1. The van der Waals surface area contributed by atoms with Crippen molar-refractivity contribution in [3.05, 3.63) is 84.6 Å². The van der Waals surface area contributed by atoms with E-state index in [1.165, 1.54) is 30.3 Å². The SMILES string of the molecule is CC(C)(C)[C@@H](N=C1NS(=O)(=O)N=C1Nc1cccc(S(=O)(=O)c2ccccc2)c1O)c1cc2ccccc2o1. The standard InChI is InChI=1S/C27H26N4O6S2/c1-27(2,3)24(21-16-17-10-7-8-14-20(17)37-21)29-26-25(30-39(35,36)31-26)28-19-13-9-15-22(23(19)32)38(33,34)18-11-5-4-6-12-18/h4-16,24,32H,1-3H3,(H,28,30)(H,29,31)/t24-/m0/s1. The van der Waals surface area contributed by atoms with Crippen LogP contribution in [-0.2, 0) is 20.0 Å². The largest absolute Gasteiger partial charge is 0.504 e. The molecule has 4 aromatic rings. The summed E-state index contributed by atoms with van der Waals surface area (Å²) in [6.45, 7) is 5.81. The summed E-state index contributed by atoms with van der Waals surface area (Å²) in [7, 11) is -8.20. The number of rotatable bonds is 5. The number of furan rings is 1. The Morgan fingerprint density at radius 3 is 2.38 bits per heavy atom. The number of anilines is 1. The van der Waals surface area contributed by atoms with E-state index < -0.39 is 37.3 Å². The number of nitrogens with zero attached hydrogens (tertiary/aromatic N) is 2. The van der Waals surface area contributed by atoms with E-state index in [2.05, 4.69) is 19.4 Å². The van der Waals surface area contributed by atoms with Crippen molar-refractivity contribution in [1.29, 1.82) is 0 Å². The highest BCUT2D eigenvalue weighted by atomic mass is 32.2. The highest BCUT2D eigenvalue weighted by Crippen LogP contribution is 2.39. The Morgan fingerprint density at radius 1 is 1.00 bits per heavy atom. The van der Waals surface area contributed by atoms with Crippen molar-refractivity contribution in [3.63, 3.8) is 0 Å². The maximum absolute atomic E-state index is 13.1. The molecule has 3 aromatic carbocycles. The number of para-hydroxylation sites is 2. The average Bonchev–Trinajstić information content (AvgIpc) is 3.42. The van der Waals surface area contributed by atoms with Crippen molar-refractivity contribution in [3.8, 4) is 5.75 Å². The van der Waals surface area contributed by atoms with Crippen LogP contribution in [0.15, 0.2) is 102 Å². The summed E-state index contributed by atoms with van der Waals surface area (Å²) in [4.78, 5) is 4.33. The molecule has 1 aromatic heterocycles. The van der Waals surface area contributed by atoms with E-state index in [9.17, 15) is 21.9 Å². The van der Waals surface area contributed by atoms with Crippen LogP contribution in [-0.4, -0.2) is 33.6 Å². The minimum absolute atomic E-state index is 0.000932. The van der Waals surface area contributed by atoms with Gasteiger partial charge in [-0.25, -0.2) is 13.1 Å². The van der Waals surface area contributed by atoms with Gasteiger partial charge in [0.1, 0.15) is 22.3 Å². The van der Waals surface area contributed by atoms with Crippen LogP contribution >= 0.6 is 0 Å². The molecule has 202 valence electrons. The molecule has 1 aliphatic rings. The highest BCUT2D eigenvalue weighted by molar-refractivity contribution is 7.91. The van der Waals surface area contributed by atoms with E-state index in [4.69, 9.17) is 4.42 Å². The number of nitrogens with one attached hydrogen (secondary N) is 2. The molecule has 39 heavy (non-hydrogen) atoms. The molecular formula is C27H26N4O6S2. The van der Waals surface area contributed by atoms with Gasteiger partial charge in [-0.15, -0.1) is 4.40 Å². The number of benzene rings is 3. The van der Waals surface area contributed by atoms with E-state index in [0.29, 0.717) is 11.3 Å². The Bertz CT molecular complexity index is 1800. The Hall–Kier alpha value is -4.16. The zero-order chi connectivity index (χ0) is 28.0. The summed E-state index contributed by atoms with van der Waals surface area (Å²) in [6.07, 6.45) is 0. The Labute approximate surface area is 226 Å². The van der Waals surface area contributed by atoms with Gasteiger partial charge in [-0.2, -0.15) is 8.42 Å². The maximum Gasteiger partial charge on any atom is 0.345 e. The predicted octanol–water partition coefficient (Wildman–Crippen LogP) is 4.82. The van der Waals surface area contributed by atoms with Crippen LogP contribution in [0.25, 0.3) is 11.0 Å². The second-order valence-corrected chi connectivity index (χ2v) is 13.3. The Balaban J connectivity index is 1.54. The molecule has 5 rings (SSSR count). The van der Waals surface area contributed by atoms with Crippen LogP contribution in [0.4, 0.5) is 5.69 Å². The summed E-state index contributed by atoms with van der Waals surface area (Å²) in [6, 6.07) is 20.5. The van der Waals surface area contributed by atoms with Crippen molar-refractivity contribution < 1.29 is 26.4 Å². The quantitative estimate of drug-likeness (QED) is 0.293. The fourth-order valence-corrected chi connectivity index (χ4v) is 6.37. The molecule has 0 unspecified atom stereocenters. The number of hydrogen-bond acceptors (Lipinski definition) is 8. The fraction of sp³-hybridized carbons (Fsp3) is 0.185. The number of fused-ring (bicyclic) bond motifs is 1. The molecule has 10 nitrogen and oxygen atoms in total. The number of aliphatic imine (C=N–C) groups is 1. The summed E-state index contributed by atoms with van der Waals surface area (Å²) in [5.74, 6) is -0.367. The van der Waals surface area contributed by atoms with Gasteiger partial charge in [0, 0.05) is 5.39 Å². The second kappa shape index (κ2) is 9.54. The number of phenolic OH excluding ortho intramolecular Hbond substituents is 1. The van der Waals surface area contributed by atoms with E-state index in [1.807, 2.05) is 51.1 Å². The first kappa shape index (κ1) is 26.4. The second-order valence-electron chi connectivity index (χ2n) is 10.0. The third-order valence-corrected chi connectivity index (χ3v) is 8.72. The molecular weight excluding hydrogens is 540 g/mol. The minimum Gasteiger partial charge on any atom is -0.504 e. The first-order valence-corrected chi connectivity index (χ1v) is 14.9. The molecule has 0 saturated carbocycles. The van der Waals surface area contributed by atoms with Crippen LogP contribution in [0.3, 0.4) is 0 Å². The van der Waals surface area contributed by atoms with Gasteiger partial charge < -0.3 is 14.8 Å². The average molecular weight is 567 g/mol. The monoisotopic (exact) mass is 566 g/mol. The molecule has 0 radical (unpaired) electrons. The van der Waals surface area contributed by atoms with Gasteiger partial charge in [0.15, 0.2) is 17.4 Å². The van der Waals surface area contributed by atoms with Crippen molar-refractivity contribution in [1.82, 2.24) is 4.72 Å². The smallest absolute Gasteiger partial charge is 0.345 e. The van der Waals surface area contributed by atoms with Gasteiger partial charge in [-0.1, -0.05) is 63.2 Å². The molecule has 0 bridgehead atoms. The molecule has 1 aliphatic heterocycles. The molecule has 1 atom stereocenters. The number of amidine groups is 2. The van der Waals surface area contributed by atoms with Gasteiger partial charge in [0.25, 0.3) is 0 Å². The van der Waals surface area contributed by atoms with Crippen molar-refractivity contribution in [2.75, 3.05) is 5.32 Å². The van der Waals surface area contributed by atoms with Crippen molar-refractivity contribution in [2.24, 2.45) is 14.8 Å². The fourth-order valence-electron chi connectivity index (χ4n) is 4.17. The first-order chi connectivity index (χ1) is 18.3. The molecule has 0 fully saturated rings. The lowest BCUT2D eigenvalue weighted by Gasteiger charge is -2.26. The molecule has 0 aliphatic carbocycles. The topological polar surface area (TPSA) is 150 Å². The number of aromatic hydroxyl groups is 1. The summed E-state index contributed by atoms with van der Waals surface area (Å²) in [5, 5.41) is 14.5. The van der Waals surface area contributed by atoms with E-state index >= 15 is 0 Å². The van der Waals surface area contributed by atoms with Crippen molar-refractivity contribution >= 4 is 48.4 Å². The summed E-state index contributed by atoms with van der Waals surface area (Å²) < 4.78 is 63.2. The predicted molar refractivity (Wildman–Crippen MR) is 149 cm³/mol. The van der Waals surface area contributed by atoms with Gasteiger partial charge in [-0.3, -0.25) is 4.99 Å². The summed E-state index contributed by atoms with van der Waals surface area (Å²) >= 11 is 0. The van der Waals surface area contributed by atoms with Crippen molar-refractivity contribution in [2.45, 2.75) is 36.6 Å². The highest BCUT2D eigenvalue weighted by Gasteiger charge is 2.34. The van der Waals surface area contributed by atoms with Gasteiger partial charge in [0.2, 0.25) is 9.84 Å². The first-order valence-electron chi connectivity index (χ1n) is 11.9. The van der Waals surface area contributed by atoms with Crippen LogP contribution < -0.4 is 10.0 Å².